The number of nitrogens with two attached hydrogens (primary N) is 1. The zero-order chi connectivity index (χ0) is 39.5. The molecule has 3 amide bonds. The van der Waals surface area contributed by atoms with Crippen LogP contribution in [0.3, 0.4) is 0 Å². The van der Waals surface area contributed by atoms with Crippen LogP contribution >= 0.6 is 11.6 Å². The zero-order valence-electron chi connectivity index (χ0n) is 31.3. The molecule has 290 valence electrons. The highest BCUT2D eigenvalue weighted by molar-refractivity contribution is 6.31. The Morgan fingerprint density at radius 3 is 1.65 bits per heavy atom. The summed E-state index contributed by atoms with van der Waals surface area (Å²) in [6.07, 6.45) is 3.80. The highest BCUT2D eigenvalue weighted by atomic mass is 35.5. The fourth-order valence-corrected chi connectivity index (χ4v) is 8.21. The maximum Gasteiger partial charge on any atom is 0.405 e. The number of aromatic amines is 2. The largest absolute Gasteiger partial charge is 0.431 e. The molecule has 13 heteroatoms. The number of nitrogens with zero attached hydrogens (tertiary/aromatic N) is 4. The first-order valence-electron chi connectivity index (χ1n) is 19.0. The summed E-state index contributed by atoms with van der Waals surface area (Å²) in [5.41, 5.74) is 12.3. The van der Waals surface area contributed by atoms with E-state index in [1.54, 1.807) is 42.5 Å². The summed E-state index contributed by atoms with van der Waals surface area (Å²) in [7, 11) is 1.57. The summed E-state index contributed by atoms with van der Waals surface area (Å²) in [5.74, 6) is 0.953. The van der Waals surface area contributed by atoms with Gasteiger partial charge >= 0.3 is 6.09 Å². The van der Waals surface area contributed by atoms with E-state index in [1.807, 2.05) is 53.6 Å². The molecule has 4 aromatic carbocycles. The van der Waals surface area contributed by atoms with Gasteiger partial charge in [-0.3, -0.25) is 9.59 Å². The minimum absolute atomic E-state index is 0.0583. The number of hydrogen-bond donors (Lipinski definition) is 3. The van der Waals surface area contributed by atoms with E-state index in [9.17, 15) is 14.4 Å². The molecule has 2 fully saturated rings. The summed E-state index contributed by atoms with van der Waals surface area (Å²) in [6, 6.07) is 32.3. The molecule has 2 saturated heterocycles. The van der Waals surface area contributed by atoms with Crippen LogP contribution in [-0.2, 0) is 19.1 Å². The summed E-state index contributed by atoms with van der Waals surface area (Å²) < 4.78 is 10.9. The molecule has 6 aromatic rings. The van der Waals surface area contributed by atoms with Gasteiger partial charge in [0.05, 0.1) is 35.9 Å². The Labute approximate surface area is 335 Å². The van der Waals surface area contributed by atoms with Crippen molar-refractivity contribution in [1.82, 2.24) is 29.7 Å². The van der Waals surface area contributed by atoms with E-state index >= 15 is 0 Å². The number of primary amides is 1. The maximum atomic E-state index is 13.8. The van der Waals surface area contributed by atoms with Crippen LogP contribution in [0.1, 0.15) is 72.8 Å². The molecule has 57 heavy (non-hydrogen) atoms. The van der Waals surface area contributed by atoms with Crippen LogP contribution in [0, 0.1) is 0 Å². The lowest BCUT2D eigenvalue weighted by Gasteiger charge is -2.28. The van der Waals surface area contributed by atoms with Crippen molar-refractivity contribution in [2.24, 2.45) is 5.73 Å². The van der Waals surface area contributed by atoms with Crippen molar-refractivity contribution in [3.63, 3.8) is 0 Å². The van der Waals surface area contributed by atoms with Gasteiger partial charge in [0.2, 0.25) is 6.10 Å². The normalized spacial score (nSPS) is 17.7. The monoisotopic (exact) mass is 783 g/mol. The molecule has 12 nitrogen and oxygen atoms in total. The molecule has 0 radical (unpaired) electrons. The van der Waals surface area contributed by atoms with Crippen molar-refractivity contribution in [3.05, 3.63) is 143 Å². The second kappa shape index (κ2) is 16.5. The van der Waals surface area contributed by atoms with Crippen molar-refractivity contribution in [1.29, 1.82) is 0 Å². The summed E-state index contributed by atoms with van der Waals surface area (Å²) >= 11 is 6.38. The van der Waals surface area contributed by atoms with Crippen LogP contribution in [0.15, 0.2) is 116 Å². The second-order valence-electron chi connectivity index (χ2n) is 14.3. The zero-order valence-corrected chi connectivity index (χ0v) is 32.1. The quantitative estimate of drug-likeness (QED) is 0.119. The number of rotatable bonds is 11. The molecule has 0 spiro atoms. The molecule has 4 heterocycles. The van der Waals surface area contributed by atoms with E-state index in [2.05, 4.69) is 51.4 Å². The van der Waals surface area contributed by atoms with Gasteiger partial charge in [0.25, 0.3) is 11.8 Å². The van der Waals surface area contributed by atoms with Gasteiger partial charge in [-0.1, -0.05) is 109 Å². The van der Waals surface area contributed by atoms with Gasteiger partial charge in [0, 0.05) is 30.8 Å². The number of ether oxygens (including phenoxy) is 2. The predicted octanol–water partition coefficient (Wildman–Crippen LogP) is 8.34. The Kier molecular flexibility index (Phi) is 10.9. The van der Waals surface area contributed by atoms with Crippen LogP contribution < -0.4 is 5.73 Å². The van der Waals surface area contributed by atoms with Gasteiger partial charge in [-0.15, -0.1) is 0 Å². The molecule has 0 aliphatic carbocycles. The highest BCUT2D eigenvalue weighted by Gasteiger charge is 2.39. The molecule has 0 bridgehead atoms. The smallest absolute Gasteiger partial charge is 0.405 e. The maximum absolute atomic E-state index is 13.8. The number of aromatic nitrogens is 4. The number of imidazole rings is 2. The number of H-pyrrole nitrogens is 2. The predicted molar refractivity (Wildman–Crippen MR) is 215 cm³/mol. The molecular weight excluding hydrogens is 742 g/mol. The third-order valence-electron chi connectivity index (χ3n) is 10.8. The van der Waals surface area contributed by atoms with Crippen LogP contribution in [0.25, 0.3) is 33.6 Å². The molecule has 2 aliphatic heterocycles. The Morgan fingerprint density at radius 2 is 1.16 bits per heavy atom. The van der Waals surface area contributed by atoms with Crippen molar-refractivity contribution >= 4 is 29.5 Å². The van der Waals surface area contributed by atoms with Gasteiger partial charge in [-0.05, 0) is 59.6 Å². The lowest BCUT2D eigenvalue weighted by atomic mass is 10.0. The molecular formula is C44H42ClN7O5. The van der Waals surface area contributed by atoms with Crippen LogP contribution in [0.5, 0.6) is 0 Å². The summed E-state index contributed by atoms with van der Waals surface area (Å²) in [5, 5.41) is 0.307. The van der Waals surface area contributed by atoms with E-state index in [0.717, 1.165) is 64.3 Å². The number of hydrogen-bond acceptors (Lipinski definition) is 7. The van der Waals surface area contributed by atoms with Crippen molar-refractivity contribution < 1.29 is 23.9 Å². The van der Waals surface area contributed by atoms with Crippen LogP contribution in [0.4, 0.5) is 4.79 Å². The molecule has 0 unspecified atom stereocenters. The number of carbonyl (C=O) groups excluding carboxylic acids is 3. The van der Waals surface area contributed by atoms with E-state index in [-0.39, 0.29) is 18.0 Å². The molecule has 8 rings (SSSR count). The standard InChI is InChI=1S/C44H42ClN7O5/c1-56-38(31-9-3-2-4-10-31)42(53)51-23-7-13-36(51)40-47-25-34(49-40)29-19-15-27(16-20-29)28-17-21-30(22-18-28)35-26-48-41(50-35)37-14-8-24-52(37)43(54)39(57-44(46)55)32-11-5-6-12-33(32)45/h2-6,9-12,15-22,25-26,36-39H,7-8,13-14,23-24H2,1H3,(H2,46,55)(H,47,49)(H,48,50)/t36-,37-,38+,39+/m0/s1. The number of halogens is 1. The van der Waals surface area contributed by atoms with E-state index in [1.165, 1.54) is 0 Å². The van der Waals surface area contributed by atoms with Crippen molar-refractivity contribution in [2.45, 2.75) is 50.0 Å². The first kappa shape index (κ1) is 37.7. The van der Waals surface area contributed by atoms with Crippen LogP contribution in [0.2, 0.25) is 5.02 Å². The van der Waals surface area contributed by atoms with E-state index in [0.29, 0.717) is 35.9 Å². The first-order valence-corrected chi connectivity index (χ1v) is 19.4. The molecule has 2 aromatic heterocycles. The molecule has 4 atom stereocenters. The Morgan fingerprint density at radius 1 is 0.684 bits per heavy atom. The number of likely N-dealkylation sites (tertiary alicyclic amines) is 2. The third kappa shape index (κ3) is 7.78. The fraction of sp³-hybridized carbons (Fsp3) is 0.250. The molecule has 2 aliphatic rings. The summed E-state index contributed by atoms with van der Waals surface area (Å²) in [6.45, 7) is 1.13. The average Bonchev–Trinajstić information content (AvgIpc) is 4.08. The Hall–Kier alpha value is -6.24. The summed E-state index contributed by atoms with van der Waals surface area (Å²) in [4.78, 5) is 59.0. The topological polar surface area (TPSA) is 160 Å². The number of amides is 3. The number of nitrogens with one attached hydrogen (secondary N) is 2. The highest BCUT2D eigenvalue weighted by Crippen LogP contribution is 2.38. The number of methoxy groups -OCH3 is 1. The first-order chi connectivity index (χ1) is 27.8. The number of benzene rings is 4. The van der Waals surface area contributed by atoms with Crippen molar-refractivity contribution in [2.75, 3.05) is 20.2 Å². The molecule has 0 saturated carbocycles. The van der Waals surface area contributed by atoms with Gasteiger partial charge < -0.3 is 35.0 Å². The average molecular weight is 784 g/mol. The Balaban J connectivity index is 0.930. The number of carbonyl (C=O) groups is 3. The fourth-order valence-electron chi connectivity index (χ4n) is 7.98. The Bertz CT molecular complexity index is 2360. The molecule has 4 N–H and O–H groups in total. The van der Waals surface area contributed by atoms with Crippen molar-refractivity contribution in [3.8, 4) is 33.6 Å². The third-order valence-corrected chi connectivity index (χ3v) is 11.2. The van der Waals surface area contributed by atoms with Gasteiger partial charge in [-0.25, -0.2) is 14.8 Å². The van der Waals surface area contributed by atoms with Crippen LogP contribution in [-0.4, -0.2) is 67.8 Å². The second-order valence-corrected chi connectivity index (χ2v) is 14.7. The minimum Gasteiger partial charge on any atom is -0.431 e. The SMILES string of the molecule is CO[C@@H](C(=O)N1CCC[C@H]1c1ncc(-c2ccc(-c3ccc(-c4cnc([C@@H]5CCCN5C(=O)[C@H](OC(N)=O)c5ccccc5Cl)[nH]4)cc3)cc2)[nH]1)c1ccccc1. The van der Waals surface area contributed by atoms with Gasteiger partial charge in [-0.2, -0.15) is 0 Å². The minimum atomic E-state index is -1.26. The lowest BCUT2D eigenvalue weighted by molar-refractivity contribution is -0.143. The lowest BCUT2D eigenvalue weighted by Crippen LogP contribution is -2.37. The van der Waals surface area contributed by atoms with Gasteiger partial charge in [0.1, 0.15) is 11.6 Å². The van der Waals surface area contributed by atoms with E-state index in [4.69, 9.17) is 31.8 Å². The van der Waals surface area contributed by atoms with Gasteiger partial charge in [0.15, 0.2) is 6.10 Å². The van der Waals surface area contributed by atoms with E-state index < -0.39 is 24.2 Å².